The van der Waals surface area contributed by atoms with Crippen molar-refractivity contribution in [3.63, 3.8) is 0 Å². The van der Waals surface area contributed by atoms with Crippen molar-refractivity contribution >= 4 is 11.6 Å². The van der Waals surface area contributed by atoms with Gasteiger partial charge in [-0.2, -0.15) is 5.26 Å². The molecule has 4 nitrogen and oxygen atoms in total. The third-order valence-corrected chi connectivity index (χ3v) is 4.96. The van der Waals surface area contributed by atoms with Crippen molar-refractivity contribution in [2.24, 2.45) is 0 Å². The molecule has 0 aromatic heterocycles. The highest BCUT2D eigenvalue weighted by molar-refractivity contribution is 5.78. The second-order valence-electron chi connectivity index (χ2n) is 7.12. The number of nitrogens with two attached hydrogens (primary N) is 1. The van der Waals surface area contributed by atoms with Gasteiger partial charge in [0.05, 0.1) is 12.5 Å². The molecule has 1 rings (SSSR count). The van der Waals surface area contributed by atoms with E-state index in [-0.39, 0.29) is 17.9 Å². The second-order valence-corrected chi connectivity index (χ2v) is 7.12. The lowest BCUT2D eigenvalue weighted by Gasteiger charge is -2.30. The average Bonchev–Trinajstić information content (AvgIpc) is 2.68. The number of amides is 1. The van der Waals surface area contributed by atoms with Crippen LogP contribution in [0.4, 0.5) is 5.69 Å². The summed E-state index contributed by atoms with van der Waals surface area (Å²) in [4.78, 5) is 15.0. The number of carbonyl (C=O) groups excluding carboxylic acids is 1. The van der Waals surface area contributed by atoms with Crippen molar-refractivity contribution in [3.05, 3.63) is 66.3 Å². The monoisotopic (exact) mass is 379 g/mol. The zero-order valence-corrected chi connectivity index (χ0v) is 17.4. The van der Waals surface area contributed by atoms with Gasteiger partial charge in [-0.05, 0) is 44.2 Å². The number of allylic oxidation sites excluding steroid dienone is 5. The Morgan fingerprint density at radius 1 is 1.32 bits per heavy atom. The molecule has 4 heteroatoms. The van der Waals surface area contributed by atoms with Crippen molar-refractivity contribution in [1.82, 2.24) is 4.90 Å². The Balaban J connectivity index is 3.10. The Bertz CT molecular complexity index is 742. The molecule has 0 aliphatic heterocycles. The van der Waals surface area contributed by atoms with Crippen LogP contribution in [-0.2, 0) is 4.79 Å². The van der Waals surface area contributed by atoms with E-state index in [9.17, 15) is 4.79 Å². The second kappa shape index (κ2) is 12.6. The predicted molar refractivity (Wildman–Crippen MR) is 118 cm³/mol. The maximum absolute atomic E-state index is 13.1. The Morgan fingerprint density at radius 2 is 2.04 bits per heavy atom. The van der Waals surface area contributed by atoms with E-state index in [2.05, 4.69) is 26.5 Å². The van der Waals surface area contributed by atoms with Crippen LogP contribution in [0.1, 0.15) is 57.9 Å². The van der Waals surface area contributed by atoms with Gasteiger partial charge in [-0.3, -0.25) is 4.79 Å². The van der Waals surface area contributed by atoms with Gasteiger partial charge >= 0.3 is 0 Å². The van der Waals surface area contributed by atoms with Crippen LogP contribution in [0.2, 0.25) is 0 Å². The molecule has 150 valence electrons. The molecule has 0 saturated heterocycles. The molecule has 2 unspecified atom stereocenters. The summed E-state index contributed by atoms with van der Waals surface area (Å²) in [5.74, 6) is 0.0722. The van der Waals surface area contributed by atoms with E-state index in [1.165, 1.54) is 5.57 Å². The van der Waals surface area contributed by atoms with E-state index < -0.39 is 0 Å². The summed E-state index contributed by atoms with van der Waals surface area (Å²) in [7, 11) is 0. The predicted octanol–water partition coefficient (Wildman–Crippen LogP) is 5.36. The minimum Gasteiger partial charge on any atom is -0.398 e. The van der Waals surface area contributed by atoms with Crippen LogP contribution in [0.25, 0.3) is 0 Å². The molecule has 0 aliphatic rings. The SMILES string of the molecule is C=C/C=C\C=C(/C)CC(CC(=O)N(CCC#N)C(C)CC)c1ccccc1N. The van der Waals surface area contributed by atoms with Crippen LogP contribution in [0.3, 0.4) is 0 Å². The minimum absolute atomic E-state index is 0.00396. The zero-order valence-electron chi connectivity index (χ0n) is 17.4. The summed E-state index contributed by atoms with van der Waals surface area (Å²) >= 11 is 0. The van der Waals surface area contributed by atoms with Crippen molar-refractivity contribution < 1.29 is 4.79 Å². The largest absolute Gasteiger partial charge is 0.398 e. The molecule has 0 fully saturated rings. The molecule has 2 N–H and O–H groups in total. The summed E-state index contributed by atoms with van der Waals surface area (Å²) in [6.07, 6.45) is 9.94. The number of carbonyl (C=O) groups is 1. The van der Waals surface area contributed by atoms with Crippen LogP contribution >= 0.6 is 0 Å². The summed E-state index contributed by atoms with van der Waals surface area (Å²) < 4.78 is 0. The molecule has 0 spiro atoms. The summed E-state index contributed by atoms with van der Waals surface area (Å²) in [6.45, 7) is 10.3. The third-order valence-electron chi connectivity index (χ3n) is 4.96. The first-order valence-corrected chi connectivity index (χ1v) is 9.90. The summed E-state index contributed by atoms with van der Waals surface area (Å²) in [5.41, 5.74) is 9.11. The van der Waals surface area contributed by atoms with Gasteiger partial charge in [0.25, 0.3) is 0 Å². The van der Waals surface area contributed by atoms with Crippen molar-refractivity contribution in [1.29, 1.82) is 5.26 Å². The highest BCUT2D eigenvalue weighted by atomic mass is 16.2. The van der Waals surface area contributed by atoms with E-state index in [1.54, 1.807) is 6.08 Å². The smallest absolute Gasteiger partial charge is 0.223 e. The standard InChI is InChI=1S/C24H33N3O/c1-5-7-8-12-19(3)17-21(22-13-9-10-14-23(22)26)18-24(28)27(16-11-15-25)20(4)6-2/h5,7-10,12-14,20-21H,1,6,11,16-18,26H2,2-4H3/b8-7-,19-12+. The van der Waals surface area contributed by atoms with E-state index in [1.807, 2.05) is 54.3 Å². The average molecular weight is 380 g/mol. The lowest BCUT2D eigenvalue weighted by atomic mass is 9.87. The highest BCUT2D eigenvalue weighted by Crippen LogP contribution is 2.32. The zero-order chi connectivity index (χ0) is 20.9. The highest BCUT2D eigenvalue weighted by Gasteiger charge is 2.24. The Hall–Kier alpha value is -2.80. The van der Waals surface area contributed by atoms with Gasteiger partial charge in [-0.15, -0.1) is 0 Å². The van der Waals surface area contributed by atoms with E-state index >= 15 is 0 Å². The first-order chi connectivity index (χ1) is 13.4. The van der Waals surface area contributed by atoms with Crippen LogP contribution in [0.5, 0.6) is 0 Å². The normalized spacial score (nSPS) is 13.7. The van der Waals surface area contributed by atoms with Crippen LogP contribution in [-0.4, -0.2) is 23.4 Å². The number of anilines is 1. The fraction of sp³-hybridized carbons (Fsp3) is 0.417. The fourth-order valence-corrected chi connectivity index (χ4v) is 3.24. The molecule has 1 aromatic carbocycles. The maximum atomic E-state index is 13.1. The molecule has 1 amide bonds. The Labute approximate surface area is 170 Å². The number of nitriles is 1. The quantitative estimate of drug-likeness (QED) is 0.415. The van der Waals surface area contributed by atoms with Crippen molar-refractivity contribution in [3.8, 4) is 6.07 Å². The van der Waals surface area contributed by atoms with Gasteiger partial charge in [0.1, 0.15) is 0 Å². The molecule has 0 bridgehead atoms. The number of para-hydroxylation sites is 1. The number of hydrogen-bond acceptors (Lipinski definition) is 3. The lowest BCUT2D eigenvalue weighted by Crippen LogP contribution is -2.39. The molecule has 0 aliphatic carbocycles. The van der Waals surface area contributed by atoms with Gasteiger partial charge < -0.3 is 10.6 Å². The minimum atomic E-state index is -0.00396. The third kappa shape index (κ3) is 7.44. The van der Waals surface area contributed by atoms with Crippen LogP contribution in [0.15, 0.2) is 60.7 Å². The Morgan fingerprint density at radius 3 is 2.64 bits per heavy atom. The van der Waals surface area contributed by atoms with Gasteiger partial charge in [0, 0.05) is 24.7 Å². The van der Waals surface area contributed by atoms with E-state index in [4.69, 9.17) is 11.0 Å². The molecular weight excluding hydrogens is 346 g/mol. The molecule has 0 saturated carbocycles. The number of rotatable bonds is 11. The number of hydrogen-bond donors (Lipinski definition) is 1. The Kier molecular flexibility index (Phi) is 10.4. The number of nitrogen functional groups attached to an aromatic ring is 1. The van der Waals surface area contributed by atoms with Crippen LogP contribution in [0, 0.1) is 11.3 Å². The van der Waals surface area contributed by atoms with Gasteiger partial charge in [0.2, 0.25) is 5.91 Å². The molecule has 0 radical (unpaired) electrons. The number of benzene rings is 1. The summed E-state index contributed by atoms with van der Waals surface area (Å²) in [6, 6.07) is 10.0. The van der Waals surface area contributed by atoms with Crippen LogP contribution < -0.4 is 5.73 Å². The van der Waals surface area contributed by atoms with Crippen molar-refractivity contribution in [2.75, 3.05) is 12.3 Å². The van der Waals surface area contributed by atoms with Gasteiger partial charge in [-0.1, -0.05) is 61.6 Å². The molecule has 28 heavy (non-hydrogen) atoms. The first kappa shape index (κ1) is 23.2. The maximum Gasteiger partial charge on any atom is 0.223 e. The fourth-order valence-electron chi connectivity index (χ4n) is 3.24. The van der Waals surface area contributed by atoms with Gasteiger partial charge in [0.15, 0.2) is 0 Å². The number of nitrogens with zero attached hydrogens (tertiary/aromatic N) is 2. The van der Waals surface area contributed by atoms with Gasteiger partial charge in [-0.25, -0.2) is 0 Å². The van der Waals surface area contributed by atoms with Crippen molar-refractivity contribution in [2.45, 2.75) is 58.4 Å². The first-order valence-electron chi connectivity index (χ1n) is 9.90. The summed E-state index contributed by atoms with van der Waals surface area (Å²) in [5, 5.41) is 8.94. The molecule has 2 atom stereocenters. The lowest BCUT2D eigenvalue weighted by molar-refractivity contribution is -0.133. The van der Waals surface area contributed by atoms with E-state index in [0.29, 0.717) is 25.1 Å². The van der Waals surface area contributed by atoms with E-state index in [0.717, 1.165) is 18.4 Å². The molecule has 1 aromatic rings. The molecular formula is C24H33N3O. The molecule has 0 heterocycles. The topological polar surface area (TPSA) is 70.1 Å².